The van der Waals surface area contributed by atoms with Crippen LogP contribution in [0.5, 0.6) is 0 Å². The van der Waals surface area contributed by atoms with E-state index in [1.807, 2.05) is 0 Å². The summed E-state index contributed by atoms with van der Waals surface area (Å²) in [5, 5.41) is -0.525. The molecule has 0 saturated heterocycles. The lowest BCUT2D eigenvalue weighted by Crippen LogP contribution is -2.43. The number of rotatable bonds is 3. The summed E-state index contributed by atoms with van der Waals surface area (Å²) < 4.78 is 75.2. The van der Waals surface area contributed by atoms with Gasteiger partial charge in [0, 0.05) is 4.47 Å². The van der Waals surface area contributed by atoms with Crippen LogP contribution in [0, 0.1) is 5.82 Å². The van der Waals surface area contributed by atoms with Crippen LogP contribution in [0.4, 0.5) is 17.6 Å². The molecule has 0 amide bonds. The summed E-state index contributed by atoms with van der Waals surface area (Å²) in [6, 6.07) is -0.408. The maximum Gasteiger partial charge on any atom is 0.404 e. The Morgan fingerprint density at radius 2 is 1.89 bits per heavy atom. The molecule has 19 heavy (non-hydrogen) atoms. The van der Waals surface area contributed by atoms with Gasteiger partial charge in [-0.05, 0) is 35.0 Å². The molecule has 0 heterocycles. The number of halogens is 6. The zero-order valence-corrected chi connectivity index (χ0v) is 12.4. The summed E-state index contributed by atoms with van der Waals surface area (Å²) in [5.41, 5.74) is 0. The van der Waals surface area contributed by atoms with Crippen LogP contribution in [-0.2, 0) is 10.0 Å². The van der Waals surface area contributed by atoms with Crippen LogP contribution in [0.3, 0.4) is 0 Å². The highest BCUT2D eigenvalue weighted by molar-refractivity contribution is 9.10. The van der Waals surface area contributed by atoms with E-state index < -0.39 is 38.0 Å². The van der Waals surface area contributed by atoms with Crippen LogP contribution in [-0.4, -0.2) is 20.6 Å². The van der Waals surface area contributed by atoms with Crippen molar-refractivity contribution in [3.05, 3.63) is 27.4 Å². The minimum Gasteiger partial charge on any atom is -0.207 e. The van der Waals surface area contributed by atoms with Gasteiger partial charge in [0.2, 0.25) is 10.0 Å². The quantitative estimate of drug-likeness (QED) is 0.641. The summed E-state index contributed by atoms with van der Waals surface area (Å²) >= 11 is 8.34. The smallest absolute Gasteiger partial charge is 0.207 e. The van der Waals surface area contributed by atoms with Crippen molar-refractivity contribution in [1.29, 1.82) is 0 Å². The first-order chi connectivity index (χ1) is 8.47. The van der Waals surface area contributed by atoms with Crippen molar-refractivity contribution in [2.45, 2.75) is 24.0 Å². The second kappa shape index (κ2) is 5.55. The molecule has 0 bridgehead atoms. The highest BCUT2D eigenvalue weighted by Gasteiger charge is 2.39. The van der Waals surface area contributed by atoms with Gasteiger partial charge in [-0.15, -0.1) is 0 Å². The van der Waals surface area contributed by atoms with E-state index >= 15 is 0 Å². The first kappa shape index (κ1) is 16.7. The molecule has 1 aromatic carbocycles. The lowest BCUT2D eigenvalue weighted by molar-refractivity contribution is -0.147. The number of nitrogens with one attached hydrogen (secondary N) is 1. The average molecular weight is 385 g/mol. The van der Waals surface area contributed by atoms with Crippen LogP contribution in [0.2, 0.25) is 5.02 Å². The molecule has 0 spiro atoms. The van der Waals surface area contributed by atoms with Gasteiger partial charge in [-0.25, -0.2) is 12.8 Å². The first-order valence-corrected chi connectivity index (χ1v) is 7.34. The van der Waals surface area contributed by atoms with Crippen LogP contribution in [0.15, 0.2) is 21.5 Å². The van der Waals surface area contributed by atoms with Crippen LogP contribution in [0.25, 0.3) is 0 Å². The van der Waals surface area contributed by atoms with Crippen molar-refractivity contribution in [2.75, 3.05) is 0 Å². The molecular formula is C9H7BrClF4NO2S. The SMILES string of the molecule is C[C@H](NS(=O)(=O)c1ccc(Br)c(Cl)c1F)C(F)(F)F. The van der Waals surface area contributed by atoms with Gasteiger partial charge in [-0.2, -0.15) is 17.9 Å². The Balaban J connectivity index is 3.19. The topological polar surface area (TPSA) is 46.2 Å². The van der Waals surface area contributed by atoms with Gasteiger partial charge in [0.25, 0.3) is 0 Å². The van der Waals surface area contributed by atoms with Gasteiger partial charge >= 0.3 is 6.18 Å². The van der Waals surface area contributed by atoms with E-state index in [-0.39, 0.29) is 4.47 Å². The van der Waals surface area contributed by atoms with Crippen molar-refractivity contribution in [3.63, 3.8) is 0 Å². The monoisotopic (exact) mass is 383 g/mol. The third kappa shape index (κ3) is 3.80. The zero-order chi connectivity index (χ0) is 15.0. The number of hydrogen-bond acceptors (Lipinski definition) is 2. The molecule has 0 aliphatic heterocycles. The van der Waals surface area contributed by atoms with E-state index in [0.717, 1.165) is 12.1 Å². The van der Waals surface area contributed by atoms with Crippen molar-refractivity contribution in [1.82, 2.24) is 4.72 Å². The molecule has 3 nitrogen and oxygen atoms in total. The summed E-state index contributed by atoms with van der Waals surface area (Å²) in [6.07, 6.45) is -4.78. The van der Waals surface area contributed by atoms with Crippen molar-refractivity contribution in [3.8, 4) is 0 Å². The van der Waals surface area contributed by atoms with Crippen molar-refractivity contribution >= 4 is 37.6 Å². The first-order valence-electron chi connectivity index (χ1n) is 4.69. The molecule has 1 rings (SSSR count). The van der Waals surface area contributed by atoms with E-state index in [2.05, 4.69) is 15.9 Å². The maximum atomic E-state index is 13.6. The maximum absolute atomic E-state index is 13.6. The van der Waals surface area contributed by atoms with Crippen molar-refractivity contribution in [2.24, 2.45) is 0 Å². The lowest BCUT2D eigenvalue weighted by atomic mass is 10.3. The Hall–Kier alpha value is -0.380. The van der Waals surface area contributed by atoms with Gasteiger partial charge in [-0.1, -0.05) is 11.6 Å². The molecule has 0 aliphatic carbocycles. The molecule has 0 fully saturated rings. The van der Waals surface area contributed by atoms with Crippen LogP contribution >= 0.6 is 27.5 Å². The minimum atomic E-state index is -4.78. The van der Waals surface area contributed by atoms with E-state index in [9.17, 15) is 26.0 Å². The molecule has 0 unspecified atom stereocenters. The van der Waals surface area contributed by atoms with Crippen LogP contribution in [0.1, 0.15) is 6.92 Å². The average Bonchev–Trinajstić information content (AvgIpc) is 2.23. The third-order valence-corrected chi connectivity index (χ3v) is 4.93. The second-order valence-corrected chi connectivity index (χ2v) is 6.47. The fourth-order valence-corrected chi connectivity index (χ4v) is 2.92. The van der Waals surface area contributed by atoms with Gasteiger partial charge in [0.1, 0.15) is 10.9 Å². The zero-order valence-electron chi connectivity index (χ0n) is 9.22. The Labute approximate surface area is 120 Å². The van der Waals surface area contributed by atoms with Crippen LogP contribution < -0.4 is 4.72 Å². The Morgan fingerprint density at radius 3 is 2.37 bits per heavy atom. The fraction of sp³-hybridized carbons (Fsp3) is 0.333. The highest BCUT2D eigenvalue weighted by atomic mass is 79.9. The van der Waals surface area contributed by atoms with E-state index in [1.54, 1.807) is 0 Å². The molecular weight excluding hydrogens is 378 g/mol. The number of alkyl halides is 3. The minimum absolute atomic E-state index is 0.0921. The second-order valence-electron chi connectivity index (χ2n) is 3.56. The predicted molar refractivity (Wildman–Crippen MR) is 64.9 cm³/mol. The Kier molecular flexibility index (Phi) is 4.87. The van der Waals surface area contributed by atoms with E-state index in [4.69, 9.17) is 11.6 Å². The van der Waals surface area contributed by atoms with Gasteiger partial charge < -0.3 is 0 Å². The molecule has 1 atom stereocenters. The molecule has 10 heteroatoms. The van der Waals surface area contributed by atoms with Gasteiger partial charge in [-0.3, -0.25) is 0 Å². The lowest BCUT2D eigenvalue weighted by Gasteiger charge is -2.17. The van der Waals surface area contributed by atoms with Gasteiger partial charge in [0.05, 0.1) is 5.02 Å². The molecule has 108 valence electrons. The fourth-order valence-electron chi connectivity index (χ4n) is 1.08. The normalized spacial score (nSPS) is 14.5. The largest absolute Gasteiger partial charge is 0.404 e. The molecule has 1 N–H and O–H groups in total. The molecule has 0 saturated carbocycles. The Morgan fingerprint density at radius 1 is 1.37 bits per heavy atom. The highest BCUT2D eigenvalue weighted by Crippen LogP contribution is 2.30. The van der Waals surface area contributed by atoms with E-state index in [0.29, 0.717) is 6.92 Å². The van der Waals surface area contributed by atoms with E-state index in [1.165, 1.54) is 4.72 Å². The third-order valence-electron chi connectivity index (χ3n) is 2.11. The van der Waals surface area contributed by atoms with Gasteiger partial charge in [0.15, 0.2) is 5.82 Å². The molecule has 0 aliphatic rings. The summed E-state index contributed by atoms with van der Waals surface area (Å²) in [6.45, 7) is 0.607. The summed E-state index contributed by atoms with van der Waals surface area (Å²) in [5.74, 6) is -1.32. The standard InChI is InChI=1S/C9H7BrClF4NO2S/c1-4(9(13,14)15)16-19(17,18)6-3-2-5(10)7(11)8(6)12/h2-4,16H,1H3/t4-/m0/s1. The number of hydrogen-bond donors (Lipinski definition) is 1. The molecule has 0 aromatic heterocycles. The summed E-state index contributed by atoms with van der Waals surface area (Å²) in [7, 11) is -4.66. The number of benzene rings is 1. The Bertz CT molecular complexity index is 591. The predicted octanol–water partition coefficient (Wildman–Crippen LogP) is 3.47. The molecule has 1 aromatic rings. The van der Waals surface area contributed by atoms with Crippen molar-refractivity contribution < 1.29 is 26.0 Å². The number of sulfonamides is 1. The summed E-state index contributed by atoms with van der Waals surface area (Å²) in [4.78, 5) is -0.947. The molecule has 0 radical (unpaired) electrons.